The first-order chi connectivity index (χ1) is 13.0. The highest BCUT2D eigenvalue weighted by Gasteiger charge is 2.71. The first-order valence-electron chi connectivity index (χ1n) is 9.77. The van der Waals surface area contributed by atoms with Crippen LogP contribution < -0.4 is 9.47 Å². The monoisotopic (exact) mass is 374 g/mol. The highest BCUT2D eigenvalue weighted by Crippen LogP contribution is 2.69. The summed E-state index contributed by atoms with van der Waals surface area (Å²) in [6.07, 6.45) is 5.18. The zero-order valence-corrected chi connectivity index (χ0v) is 16.1. The van der Waals surface area contributed by atoms with Crippen LogP contribution in [0.4, 0.5) is 0 Å². The summed E-state index contributed by atoms with van der Waals surface area (Å²) in [5.41, 5.74) is 1.89. The number of hydrogen-bond acceptors (Lipinski definition) is 6. The highest BCUT2D eigenvalue weighted by atomic mass is 16.8. The normalized spacial score (nSPS) is 38.6. The lowest BCUT2D eigenvalue weighted by atomic mass is 9.51. The Hall–Kier alpha value is -1.79. The van der Waals surface area contributed by atoms with E-state index in [1.807, 2.05) is 6.07 Å². The Bertz CT molecular complexity index is 791. The van der Waals surface area contributed by atoms with Crippen LogP contribution in [-0.4, -0.2) is 38.4 Å². The molecule has 5 rings (SSSR count). The predicted molar refractivity (Wildman–Crippen MR) is 95.8 cm³/mol. The van der Waals surface area contributed by atoms with Crippen molar-refractivity contribution < 1.29 is 28.5 Å². The van der Waals surface area contributed by atoms with E-state index in [0.29, 0.717) is 0 Å². The number of esters is 1. The molecule has 1 aromatic rings. The maximum absolute atomic E-state index is 11.8. The molecule has 5 atom stereocenters. The van der Waals surface area contributed by atoms with Crippen molar-refractivity contribution in [1.82, 2.24) is 0 Å². The molecule has 2 bridgehead atoms. The summed E-state index contributed by atoms with van der Waals surface area (Å²) >= 11 is 0. The molecule has 0 aromatic heterocycles. The summed E-state index contributed by atoms with van der Waals surface area (Å²) in [5.74, 6) is 1.00. The SMILES string of the molecule is COc1cc2c(c(OC)c1)C1[C@H](OC(C)=O)O[C@H]3C[C@@]4(CCCC[C@@]14O3)C2. The fraction of sp³-hybridized carbons (Fsp3) is 0.667. The Labute approximate surface area is 159 Å². The predicted octanol–water partition coefficient (Wildman–Crippen LogP) is 3.31. The van der Waals surface area contributed by atoms with E-state index in [1.54, 1.807) is 14.2 Å². The third-order valence-electron chi connectivity index (χ3n) is 7.09. The molecule has 2 aliphatic carbocycles. The van der Waals surface area contributed by atoms with Gasteiger partial charge in [-0.2, -0.15) is 0 Å². The molecule has 1 saturated carbocycles. The van der Waals surface area contributed by atoms with E-state index in [9.17, 15) is 4.79 Å². The van der Waals surface area contributed by atoms with Crippen LogP contribution in [0.5, 0.6) is 11.5 Å². The summed E-state index contributed by atoms with van der Waals surface area (Å²) < 4.78 is 29.7. The fourth-order valence-electron chi connectivity index (χ4n) is 6.21. The minimum absolute atomic E-state index is 0.0137. The second-order valence-corrected chi connectivity index (χ2v) is 8.30. The molecule has 2 heterocycles. The topological polar surface area (TPSA) is 63.2 Å². The number of ether oxygens (including phenoxy) is 5. The second-order valence-electron chi connectivity index (χ2n) is 8.30. The van der Waals surface area contributed by atoms with Gasteiger partial charge in [-0.15, -0.1) is 0 Å². The molecule has 2 saturated heterocycles. The number of methoxy groups -OCH3 is 2. The van der Waals surface area contributed by atoms with Gasteiger partial charge in [0, 0.05) is 30.4 Å². The van der Waals surface area contributed by atoms with Crippen molar-refractivity contribution in [3.8, 4) is 11.5 Å². The van der Waals surface area contributed by atoms with Crippen LogP contribution >= 0.6 is 0 Å². The van der Waals surface area contributed by atoms with Gasteiger partial charge in [0.15, 0.2) is 6.29 Å². The van der Waals surface area contributed by atoms with Crippen molar-refractivity contribution in [1.29, 1.82) is 0 Å². The molecule has 1 aromatic carbocycles. The van der Waals surface area contributed by atoms with Gasteiger partial charge >= 0.3 is 5.97 Å². The van der Waals surface area contributed by atoms with Crippen LogP contribution in [0.2, 0.25) is 0 Å². The zero-order valence-electron chi connectivity index (χ0n) is 16.1. The maximum atomic E-state index is 11.8. The summed E-state index contributed by atoms with van der Waals surface area (Å²) in [4.78, 5) is 11.8. The molecule has 3 fully saturated rings. The van der Waals surface area contributed by atoms with E-state index >= 15 is 0 Å². The van der Waals surface area contributed by atoms with Gasteiger partial charge in [-0.1, -0.05) is 12.8 Å². The molecular formula is C21H26O6. The Morgan fingerprint density at radius 2 is 2.00 bits per heavy atom. The Balaban J connectivity index is 1.74. The third-order valence-corrected chi connectivity index (χ3v) is 7.09. The van der Waals surface area contributed by atoms with Crippen LogP contribution in [0.15, 0.2) is 12.1 Å². The molecule has 27 heavy (non-hydrogen) atoms. The van der Waals surface area contributed by atoms with Gasteiger partial charge in [-0.05, 0) is 30.9 Å². The molecule has 0 N–H and O–H groups in total. The fourth-order valence-corrected chi connectivity index (χ4v) is 6.21. The van der Waals surface area contributed by atoms with Gasteiger partial charge in [0.1, 0.15) is 11.5 Å². The average molecular weight is 374 g/mol. The first kappa shape index (κ1) is 17.3. The van der Waals surface area contributed by atoms with Crippen molar-refractivity contribution >= 4 is 5.97 Å². The van der Waals surface area contributed by atoms with Crippen LogP contribution in [0, 0.1) is 5.41 Å². The Kier molecular flexibility index (Phi) is 3.75. The van der Waals surface area contributed by atoms with Crippen LogP contribution in [0.1, 0.15) is 56.1 Å². The second kappa shape index (κ2) is 5.85. The Morgan fingerprint density at radius 3 is 2.74 bits per heavy atom. The molecule has 146 valence electrons. The molecular weight excluding hydrogens is 348 g/mol. The van der Waals surface area contributed by atoms with Crippen molar-refractivity contribution in [3.05, 3.63) is 23.3 Å². The van der Waals surface area contributed by atoms with Crippen molar-refractivity contribution in [2.75, 3.05) is 14.2 Å². The molecule has 2 aliphatic heterocycles. The number of hydrogen-bond donors (Lipinski definition) is 0. The zero-order chi connectivity index (χ0) is 18.8. The van der Waals surface area contributed by atoms with Gasteiger partial charge in [0.2, 0.25) is 6.29 Å². The number of benzene rings is 1. The van der Waals surface area contributed by atoms with Gasteiger partial charge in [-0.3, -0.25) is 4.79 Å². The first-order valence-corrected chi connectivity index (χ1v) is 9.77. The quantitative estimate of drug-likeness (QED) is 0.757. The molecule has 4 aliphatic rings. The standard InChI is InChI=1S/C21H26O6/c1-12(22)25-19-18-17-13(8-14(23-2)9-15(17)24-3)10-20-6-4-5-7-21(18,20)27-16(11-20)26-19/h8-9,16,18-19H,4-7,10-11H2,1-3H3/t16-,18?,19-,20-,21-/m1/s1. The molecule has 6 heteroatoms. The molecule has 6 nitrogen and oxygen atoms in total. The lowest BCUT2D eigenvalue weighted by molar-refractivity contribution is -0.323. The maximum Gasteiger partial charge on any atom is 0.304 e. The highest BCUT2D eigenvalue weighted by molar-refractivity contribution is 5.66. The van der Waals surface area contributed by atoms with Crippen molar-refractivity contribution in [3.63, 3.8) is 0 Å². The van der Waals surface area contributed by atoms with E-state index in [0.717, 1.165) is 49.2 Å². The van der Waals surface area contributed by atoms with Crippen molar-refractivity contribution in [2.45, 2.75) is 69.5 Å². The number of carbonyl (C=O) groups is 1. The smallest absolute Gasteiger partial charge is 0.304 e. The van der Waals surface area contributed by atoms with E-state index in [-0.39, 0.29) is 29.2 Å². The van der Waals surface area contributed by atoms with Gasteiger partial charge in [0.25, 0.3) is 0 Å². The summed E-state index contributed by atoms with van der Waals surface area (Å²) in [7, 11) is 3.33. The van der Waals surface area contributed by atoms with Crippen molar-refractivity contribution in [2.24, 2.45) is 5.41 Å². The minimum atomic E-state index is -0.650. The minimum Gasteiger partial charge on any atom is -0.497 e. The third kappa shape index (κ3) is 2.23. The number of carbonyl (C=O) groups excluding carboxylic acids is 1. The molecule has 0 radical (unpaired) electrons. The van der Waals surface area contributed by atoms with Gasteiger partial charge in [0.05, 0.1) is 25.7 Å². The summed E-state index contributed by atoms with van der Waals surface area (Å²) in [6, 6.07) is 4.00. The van der Waals surface area contributed by atoms with Gasteiger partial charge in [-0.25, -0.2) is 0 Å². The van der Waals surface area contributed by atoms with E-state index < -0.39 is 6.29 Å². The Morgan fingerprint density at radius 1 is 1.19 bits per heavy atom. The van der Waals surface area contributed by atoms with Gasteiger partial charge < -0.3 is 23.7 Å². The van der Waals surface area contributed by atoms with Crippen LogP contribution in [-0.2, 0) is 25.4 Å². The lowest BCUT2D eigenvalue weighted by Gasteiger charge is -2.57. The van der Waals surface area contributed by atoms with E-state index in [4.69, 9.17) is 23.7 Å². The van der Waals surface area contributed by atoms with E-state index in [2.05, 4.69) is 6.07 Å². The average Bonchev–Trinajstić information content (AvgIpc) is 2.94. The number of fused-ring (bicyclic) bond motifs is 3. The number of rotatable bonds is 3. The molecule has 1 spiro atoms. The summed E-state index contributed by atoms with van der Waals surface area (Å²) in [5, 5.41) is 0. The largest absolute Gasteiger partial charge is 0.497 e. The van der Waals surface area contributed by atoms with Crippen LogP contribution in [0.3, 0.4) is 0 Å². The lowest BCUT2D eigenvalue weighted by Crippen LogP contribution is -2.60. The molecule has 0 amide bonds. The molecule has 1 unspecified atom stereocenters. The summed E-state index contributed by atoms with van der Waals surface area (Å²) in [6.45, 7) is 1.43. The van der Waals surface area contributed by atoms with Crippen LogP contribution in [0.25, 0.3) is 0 Å². The van der Waals surface area contributed by atoms with E-state index in [1.165, 1.54) is 18.9 Å².